The van der Waals surface area contributed by atoms with Gasteiger partial charge in [0.05, 0.1) is 11.6 Å². The highest BCUT2D eigenvalue weighted by molar-refractivity contribution is 5.70. The zero-order chi connectivity index (χ0) is 16.9. The lowest BCUT2D eigenvalue weighted by molar-refractivity contribution is 0.560. The highest BCUT2D eigenvalue weighted by atomic mass is 15.1. The van der Waals surface area contributed by atoms with Crippen LogP contribution in [0.3, 0.4) is 0 Å². The molecule has 0 spiro atoms. The van der Waals surface area contributed by atoms with Crippen molar-refractivity contribution in [2.24, 2.45) is 0 Å². The Balaban J connectivity index is 1.81. The van der Waals surface area contributed by atoms with Crippen LogP contribution in [-0.4, -0.2) is 39.9 Å². The summed E-state index contributed by atoms with van der Waals surface area (Å²) in [5.41, 5.74) is 2.23. The van der Waals surface area contributed by atoms with E-state index in [9.17, 15) is 0 Å². The van der Waals surface area contributed by atoms with Crippen molar-refractivity contribution in [3.8, 4) is 0 Å². The molecule has 0 unspecified atom stereocenters. The predicted molar refractivity (Wildman–Crippen MR) is 89.6 cm³/mol. The van der Waals surface area contributed by atoms with Crippen LogP contribution in [0, 0.1) is 0 Å². The van der Waals surface area contributed by atoms with Gasteiger partial charge in [-0.1, -0.05) is 13.8 Å². The van der Waals surface area contributed by atoms with Crippen LogP contribution < -0.4 is 0 Å². The molecule has 0 bridgehead atoms. The van der Waals surface area contributed by atoms with E-state index in [4.69, 9.17) is 0 Å². The molecule has 0 atom stereocenters. The first-order valence-corrected chi connectivity index (χ1v) is 7.85. The maximum atomic E-state index is 4.64. The lowest BCUT2D eigenvalue weighted by Crippen LogP contribution is -2.24. The molecule has 0 saturated heterocycles. The van der Waals surface area contributed by atoms with Crippen LogP contribution in [0.2, 0.25) is 0 Å². The van der Waals surface area contributed by atoms with Gasteiger partial charge in [-0.25, -0.2) is 29.9 Å². The van der Waals surface area contributed by atoms with Crippen LogP contribution in [0.15, 0.2) is 18.6 Å². The van der Waals surface area contributed by atoms with E-state index in [-0.39, 0.29) is 0 Å². The summed E-state index contributed by atoms with van der Waals surface area (Å²) in [6.45, 7) is 8.21. The van der Waals surface area contributed by atoms with Gasteiger partial charge in [0.25, 0.3) is 0 Å². The topological polar surface area (TPSA) is 109 Å². The Labute approximate surface area is 138 Å². The van der Waals surface area contributed by atoms with Crippen molar-refractivity contribution in [1.82, 2.24) is 39.9 Å². The van der Waals surface area contributed by atoms with E-state index in [1.807, 2.05) is 13.8 Å². The van der Waals surface area contributed by atoms with Crippen LogP contribution in [0.5, 0.6) is 0 Å². The number of hydrogen-bond donors (Lipinski definition) is 2. The third-order valence-corrected chi connectivity index (χ3v) is 4.09. The minimum Gasteiger partial charge on any atom is -0.339 e. The van der Waals surface area contributed by atoms with Gasteiger partial charge < -0.3 is 9.97 Å². The molecule has 2 N–H and O–H groups in total. The molecule has 0 radical (unpaired) electrons. The molecule has 4 aromatic rings. The molecule has 8 heteroatoms. The van der Waals surface area contributed by atoms with Crippen LogP contribution in [-0.2, 0) is 5.41 Å². The molecule has 24 heavy (non-hydrogen) atoms. The second-order valence-electron chi connectivity index (χ2n) is 6.65. The Kier molecular flexibility index (Phi) is 3.09. The average Bonchev–Trinajstić information content (AvgIpc) is 3.18. The van der Waals surface area contributed by atoms with Gasteiger partial charge in [-0.2, -0.15) is 0 Å². The summed E-state index contributed by atoms with van der Waals surface area (Å²) in [7, 11) is 0. The fraction of sp³-hybridized carbons (Fsp3) is 0.375. The van der Waals surface area contributed by atoms with E-state index in [1.165, 1.54) is 0 Å². The van der Waals surface area contributed by atoms with E-state index >= 15 is 0 Å². The number of fused-ring (bicyclic) bond motifs is 2. The van der Waals surface area contributed by atoms with E-state index in [2.05, 4.69) is 53.7 Å². The summed E-state index contributed by atoms with van der Waals surface area (Å²) in [5, 5.41) is 0. The molecular weight excluding hydrogens is 304 g/mol. The summed E-state index contributed by atoms with van der Waals surface area (Å²) in [6, 6.07) is 0. The van der Waals surface area contributed by atoms with Gasteiger partial charge in [0, 0.05) is 18.3 Å². The van der Waals surface area contributed by atoms with Crippen molar-refractivity contribution in [3.05, 3.63) is 36.1 Å². The molecule has 0 fully saturated rings. The molecule has 4 heterocycles. The SMILES string of the molecule is CC(C)c1nc2nc(C(C)(C)c3nc4nccnc4[nH]3)ncc2[nH]1. The monoisotopic (exact) mass is 322 g/mol. The first-order valence-electron chi connectivity index (χ1n) is 7.85. The van der Waals surface area contributed by atoms with Crippen molar-refractivity contribution < 1.29 is 0 Å². The molecule has 0 saturated carbocycles. The minimum atomic E-state index is -0.520. The predicted octanol–water partition coefficient (Wildman–Crippen LogP) is 2.47. The average molecular weight is 322 g/mol. The molecule has 0 aliphatic carbocycles. The van der Waals surface area contributed by atoms with Crippen LogP contribution in [0.25, 0.3) is 22.5 Å². The minimum absolute atomic E-state index is 0.309. The molecular formula is C16H18N8. The fourth-order valence-corrected chi connectivity index (χ4v) is 2.55. The van der Waals surface area contributed by atoms with Crippen molar-refractivity contribution in [2.45, 2.75) is 39.0 Å². The number of imidazole rings is 2. The van der Waals surface area contributed by atoms with Crippen LogP contribution in [0.1, 0.15) is 51.1 Å². The smallest absolute Gasteiger partial charge is 0.197 e. The molecule has 4 aromatic heterocycles. The van der Waals surface area contributed by atoms with Gasteiger partial charge in [-0.15, -0.1) is 0 Å². The normalized spacial score (nSPS) is 12.5. The van der Waals surface area contributed by atoms with Crippen molar-refractivity contribution in [2.75, 3.05) is 0 Å². The number of aromatic nitrogens is 8. The lowest BCUT2D eigenvalue weighted by Gasteiger charge is -2.19. The largest absolute Gasteiger partial charge is 0.339 e. The van der Waals surface area contributed by atoms with Crippen LogP contribution in [0.4, 0.5) is 0 Å². The Hall–Kier alpha value is -2.90. The Morgan fingerprint density at radius 1 is 0.917 bits per heavy atom. The van der Waals surface area contributed by atoms with Gasteiger partial charge in [-0.05, 0) is 13.8 Å². The molecule has 0 aliphatic rings. The lowest BCUT2D eigenvalue weighted by atomic mass is 9.91. The number of nitrogens with one attached hydrogen (secondary N) is 2. The zero-order valence-corrected chi connectivity index (χ0v) is 14.0. The summed E-state index contributed by atoms with van der Waals surface area (Å²) < 4.78 is 0. The number of rotatable bonds is 3. The van der Waals surface area contributed by atoms with Gasteiger partial charge in [0.2, 0.25) is 0 Å². The number of H-pyrrole nitrogens is 2. The molecule has 0 amide bonds. The zero-order valence-electron chi connectivity index (χ0n) is 14.0. The van der Waals surface area contributed by atoms with Crippen molar-refractivity contribution in [3.63, 3.8) is 0 Å². The maximum Gasteiger partial charge on any atom is 0.197 e. The molecule has 8 nitrogen and oxygen atoms in total. The number of hydrogen-bond acceptors (Lipinski definition) is 6. The summed E-state index contributed by atoms with van der Waals surface area (Å²) in [5.74, 6) is 2.59. The second kappa shape index (κ2) is 5.05. The third-order valence-electron chi connectivity index (χ3n) is 4.09. The Morgan fingerprint density at radius 2 is 1.71 bits per heavy atom. The molecule has 4 rings (SSSR count). The summed E-state index contributed by atoms with van der Waals surface area (Å²) in [6.07, 6.45) is 5.04. The number of aromatic amines is 2. The first kappa shape index (κ1) is 14.7. The van der Waals surface area contributed by atoms with E-state index < -0.39 is 5.41 Å². The van der Waals surface area contributed by atoms with E-state index in [1.54, 1.807) is 18.6 Å². The highest BCUT2D eigenvalue weighted by Gasteiger charge is 2.31. The van der Waals surface area contributed by atoms with E-state index in [0.29, 0.717) is 28.7 Å². The van der Waals surface area contributed by atoms with Gasteiger partial charge in [0.1, 0.15) is 23.0 Å². The second-order valence-corrected chi connectivity index (χ2v) is 6.65. The summed E-state index contributed by atoms with van der Waals surface area (Å²) >= 11 is 0. The van der Waals surface area contributed by atoms with Crippen molar-refractivity contribution in [1.29, 1.82) is 0 Å². The first-order chi connectivity index (χ1) is 11.4. The molecule has 122 valence electrons. The molecule has 0 aromatic carbocycles. The number of nitrogens with zero attached hydrogens (tertiary/aromatic N) is 6. The Bertz CT molecular complexity index is 994. The quantitative estimate of drug-likeness (QED) is 0.599. The van der Waals surface area contributed by atoms with E-state index in [0.717, 1.165) is 17.2 Å². The van der Waals surface area contributed by atoms with Crippen LogP contribution >= 0.6 is 0 Å². The summed E-state index contributed by atoms with van der Waals surface area (Å²) in [4.78, 5) is 33.2. The third kappa shape index (κ3) is 2.22. The van der Waals surface area contributed by atoms with Gasteiger partial charge in [-0.3, -0.25) is 0 Å². The Morgan fingerprint density at radius 3 is 2.46 bits per heavy atom. The maximum absolute atomic E-state index is 4.64. The van der Waals surface area contributed by atoms with Crippen molar-refractivity contribution >= 4 is 22.5 Å². The standard InChI is InChI=1S/C16H18N8/c1-8(2)10-20-9-7-19-14(22-11(9)21-10)16(3,4)15-23-12-13(24-15)18-6-5-17-12/h5-8H,1-4H3,(H,17,18,23,24)(H,19,20,21,22). The van der Waals surface area contributed by atoms with Gasteiger partial charge >= 0.3 is 0 Å². The fourth-order valence-electron chi connectivity index (χ4n) is 2.55. The highest BCUT2D eigenvalue weighted by Crippen LogP contribution is 2.28. The van der Waals surface area contributed by atoms with Gasteiger partial charge in [0.15, 0.2) is 16.9 Å². The molecule has 0 aliphatic heterocycles.